The summed E-state index contributed by atoms with van der Waals surface area (Å²) < 4.78 is 11.1. The van der Waals surface area contributed by atoms with E-state index < -0.39 is 6.10 Å². The molecule has 0 saturated carbocycles. The number of amides is 1. The number of carbonyl (C=O) groups excluding carboxylic acids is 1. The van der Waals surface area contributed by atoms with E-state index in [1.54, 1.807) is 13.2 Å². The standard InChI is InChI=1S/C19H21NO3/c1-3-18(23-16-9-6-8-15(13-16)22-2)19(21)20-12-11-14-7-4-5-10-17(14)20/h4-10,13,18H,3,11-12H2,1-2H3/t18-/m0/s1. The Morgan fingerprint density at radius 1 is 1.17 bits per heavy atom. The second kappa shape index (κ2) is 6.73. The molecule has 0 aliphatic carbocycles. The summed E-state index contributed by atoms with van der Waals surface area (Å²) in [6, 6.07) is 15.4. The van der Waals surface area contributed by atoms with Crippen LogP contribution in [0, 0.1) is 0 Å². The van der Waals surface area contributed by atoms with Gasteiger partial charge in [-0.2, -0.15) is 0 Å². The number of carbonyl (C=O) groups is 1. The topological polar surface area (TPSA) is 38.8 Å². The van der Waals surface area contributed by atoms with E-state index in [0.717, 1.165) is 24.4 Å². The molecule has 3 rings (SSSR count). The van der Waals surface area contributed by atoms with E-state index >= 15 is 0 Å². The number of para-hydroxylation sites is 1. The first-order valence-corrected chi connectivity index (χ1v) is 7.93. The van der Waals surface area contributed by atoms with Crippen LogP contribution in [0.2, 0.25) is 0 Å². The van der Waals surface area contributed by atoms with Gasteiger partial charge in [0.15, 0.2) is 6.10 Å². The van der Waals surface area contributed by atoms with Crippen molar-refractivity contribution in [3.8, 4) is 11.5 Å². The number of fused-ring (bicyclic) bond motifs is 1. The maximum absolute atomic E-state index is 12.9. The summed E-state index contributed by atoms with van der Waals surface area (Å²) in [5.41, 5.74) is 2.22. The number of benzene rings is 2. The molecule has 1 aliphatic rings. The largest absolute Gasteiger partial charge is 0.497 e. The van der Waals surface area contributed by atoms with Gasteiger partial charge < -0.3 is 14.4 Å². The summed E-state index contributed by atoms with van der Waals surface area (Å²) in [4.78, 5) is 14.7. The zero-order chi connectivity index (χ0) is 16.2. The molecular weight excluding hydrogens is 290 g/mol. The van der Waals surface area contributed by atoms with Gasteiger partial charge in [0.05, 0.1) is 7.11 Å². The molecule has 4 nitrogen and oxygen atoms in total. The highest BCUT2D eigenvalue weighted by Crippen LogP contribution is 2.29. The van der Waals surface area contributed by atoms with E-state index in [-0.39, 0.29) is 5.91 Å². The molecule has 1 atom stereocenters. The van der Waals surface area contributed by atoms with Crippen molar-refractivity contribution in [2.75, 3.05) is 18.6 Å². The summed E-state index contributed by atoms with van der Waals surface area (Å²) in [5, 5.41) is 0. The van der Waals surface area contributed by atoms with Crippen LogP contribution in [0.3, 0.4) is 0 Å². The highest BCUT2D eigenvalue weighted by molar-refractivity contribution is 5.98. The van der Waals surface area contributed by atoms with Crippen LogP contribution in [-0.4, -0.2) is 25.7 Å². The van der Waals surface area contributed by atoms with E-state index in [1.165, 1.54) is 5.56 Å². The Hall–Kier alpha value is -2.49. The third kappa shape index (κ3) is 3.16. The zero-order valence-corrected chi connectivity index (χ0v) is 13.5. The van der Waals surface area contributed by atoms with Gasteiger partial charge in [0.1, 0.15) is 11.5 Å². The average Bonchev–Trinajstić information content (AvgIpc) is 3.03. The van der Waals surface area contributed by atoms with E-state index in [4.69, 9.17) is 9.47 Å². The minimum Gasteiger partial charge on any atom is -0.497 e. The summed E-state index contributed by atoms with van der Waals surface area (Å²) >= 11 is 0. The highest BCUT2D eigenvalue weighted by atomic mass is 16.5. The molecule has 0 N–H and O–H groups in total. The number of anilines is 1. The van der Waals surface area contributed by atoms with Crippen molar-refractivity contribution in [1.29, 1.82) is 0 Å². The Labute approximate surface area is 136 Å². The van der Waals surface area contributed by atoms with Gasteiger partial charge in [-0.25, -0.2) is 0 Å². The van der Waals surface area contributed by atoms with Crippen LogP contribution in [0.25, 0.3) is 0 Å². The molecule has 0 fully saturated rings. The Morgan fingerprint density at radius 3 is 2.74 bits per heavy atom. The fraction of sp³-hybridized carbons (Fsp3) is 0.316. The number of rotatable bonds is 5. The van der Waals surface area contributed by atoms with Crippen molar-refractivity contribution in [1.82, 2.24) is 0 Å². The molecule has 1 amide bonds. The van der Waals surface area contributed by atoms with E-state index in [2.05, 4.69) is 6.07 Å². The summed E-state index contributed by atoms with van der Waals surface area (Å²) in [7, 11) is 1.61. The van der Waals surface area contributed by atoms with Crippen LogP contribution in [0.1, 0.15) is 18.9 Å². The summed E-state index contributed by atoms with van der Waals surface area (Å²) in [6.07, 6.45) is 1.03. The molecule has 0 unspecified atom stereocenters. The number of hydrogen-bond acceptors (Lipinski definition) is 3. The van der Waals surface area contributed by atoms with Gasteiger partial charge in [-0.1, -0.05) is 31.2 Å². The molecule has 1 aliphatic heterocycles. The van der Waals surface area contributed by atoms with Gasteiger partial charge in [0.25, 0.3) is 5.91 Å². The average molecular weight is 311 g/mol. The molecule has 23 heavy (non-hydrogen) atoms. The fourth-order valence-corrected chi connectivity index (χ4v) is 2.89. The molecule has 0 bridgehead atoms. The van der Waals surface area contributed by atoms with Crippen molar-refractivity contribution in [2.45, 2.75) is 25.9 Å². The normalized spacial score (nSPS) is 14.3. The Morgan fingerprint density at radius 2 is 1.96 bits per heavy atom. The van der Waals surface area contributed by atoms with Gasteiger partial charge in [-0.15, -0.1) is 0 Å². The van der Waals surface area contributed by atoms with Gasteiger partial charge in [-0.3, -0.25) is 4.79 Å². The fourth-order valence-electron chi connectivity index (χ4n) is 2.89. The lowest BCUT2D eigenvalue weighted by atomic mass is 10.2. The first kappa shape index (κ1) is 15.4. The Kier molecular flexibility index (Phi) is 4.51. The predicted molar refractivity (Wildman–Crippen MR) is 90.2 cm³/mol. The molecule has 0 radical (unpaired) electrons. The first-order valence-electron chi connectivity index (χ1n) is 7.93. The van der Waals surface area contributed by atoms with Gasteiger partial charge >= 0.3 is 0 Å². The molecule has 120 valence electrons. The van der Waals surface area contributed by atoms with Crippen LogP contribution in [0.5, 0.6) is 11.5 Å². The zero-order valence-electron chi connectivity index (χ0n) is 13.5. The number of nitrogens with zero attached hydrogens (tertiary/aromatic N) is 1. The van der Waals surface area contributed by atoms with Crippen molar-refractivity contribution in [2.24, 2.45) is 0 Å². The van der Waals surface area contributed by atoms with Crippen LogP contribution < -0.4 is 14.4 Å². The third-order valence-corrected chi connectivity index (χ3v) is 4.12. The molecule has 0 saturated heterocycles. The molecule has 2 aromatic carbocycles. The van der Waals surface area contributed by atoms with Crippen molar-refractivity contribution in [3.63, 3.8) is 0 Å². The van der Waals surface area contributed by atoms with Gasteiger partial charge in [-0.05, 0) is 36.6 Å². The van der Waals surface area contributed by atoms with Crippen molar-refractivity contribution in [3.05, 3.63) is 54.1 Å². The number of ether oxygens (including phenoxy) is 2. The number of methoxy groups -OCH3 is 1. The van der Waals surface area contributed by atoms with Crippen LogP contribution in [-0.2, 0) is 11.2 Å². The monoisotopic (exact) mass is 311 g/mol. The van der Waals surface area contributed by atoms with Gasteiger partial charge in [0.2, 0.25) is 0 Å². The minimum atomic E-state index is -0.492. The van der Waals surface area contributed by atoms with Crippen molar-refractivity contribution < 1.29 is 14.3 Å². The number of hydrogen-bond donors (Lipinski definition) is 0. The molecule has 0 aromatic heterocycles. The van der Waals surface area contributed by atoms with E-state index in [0.29, 0.717) is 12.2 Å². The SMILES string of the molecule is CC[C@H](Oc1cccc(OC)c1)C(=O)N1CCc2ccccc21. The van der Waals surface area contributed by atoms with E-state index in [1.807, 2.05) is 48.2 Å². The lowest BCUT2D eigenvalue weighted by molar-refractivity contribution is -0.125. The van der Waals surface area contributed by atoms with Crippen LogP contribution >= 0.6 is 0 Å². The molecular formula is C19H21NO3. The summed E-state index contributed by atoms with van der Waals surface area (Å²) in [6.45, 7) is 2.68. The first-order chi connectivity index (χ1) is 11.2. The molecule has 0 spiro atoms. The smallest absolute Gasteiger partial charge is 0.268 e. The van der Waals surface area contributed by atoms with E-state index in [9.17, 15) is 4.79 Å². The Bertz CT molecular complexity index is 699. The Balaban J connectivity index is 1.77. The second-order valence-electron chi connectivity index (χ2n) is 5.56. The lowest BCUT2D eigenvalue weighted by Crippen LogP contribution is -2.41. The third-order valence-electron chi connectivity index (χ3n) is 4.12. The van der Waals surface area contributed by atoms with Crippen LogP contribution in [0.15, 0.2) is 48.5 Å². The second-order valence-corrected chi connectivity index (χ2v) is 5.56. The maximum Gasteiger partial charge on any atom is 0.268 e. The van der Waals surface area contributed by atoms with Crippen molar-refractivity contribution >= 4 is 11.6 Å². The van der Waals surface area contributed by atoms with Crippen LogP contribution in [0.4, 0.5) is 5.69 Å². The molecule has 2 aromatic rings. The molecule has 4 heteroatoms. The molecule has 1 heterocycles. The van der Waals surface area contributed by atoms with Gasteiger partial charge in [0, 0.05) is 18.3 Å². The highest BCUT2D eigenvalue weighted by Gasteiger charge is 2.30. The maximum atomic E-state index is 12.9. The predicted octanol–water partition coefficient (Wildman–Crippen LogP) is 3.44. The summed E-state index contributed by atoms with van der Waals surface area (Å²) in [5.74, 6) is 1.38. The lowest BCUT2D eigenvalue weighted by Gasteiger charge is -2.24. The quantitative estimate of drug-likeness (QED) is 0.849. The minimum absolute atomic E-state index is 0.0141.